The summed E-state index contributed by atoms with van der Waals surface area (Å²) in [6, 6.07) is 5.59. The van der Waals surface area contributed by atoms with Crippen LogP contribution >= 0.6 is 0 Å². The van der Waals surface area contributed by atoms with Crippen LogP contribution in [0, 0.1) is 6.92 Å². The van der Waals surface area contributed by atoms with Crippen LogP contribution in [0.5, 0.6) is 0 Å². The SMILES string of the molecule is Cc1ccc(C(=O)N2CCOCC2)c(NN)c1. The maximum Gasteiger partial charge on any atom is 0.256 e. The van der Waals surface area contributed by atoms with Crippen LogP contribution in [0.15, 0.2) is 18.2 Å². The first kappa shape index (κ1) is 11.9. The van der Waals surface area contributed by atoms with E-state index in [1.807, 2.05) is 25.1 Å². The molecule has 1 aromatic carbocycles. The summed E-state index contributed by atoms with van der Waals surface area (Å²) >= 11 is 0. The molecule has 1 fully saturated rings. The molecule has 1 aliphatic rings. The minimum atomic E-state index is 0.00116. The highest BCUT2D eigenvalue weighted by molar-refractivity contribution is 5.99. The number of anilines is 1. The molecule has 17 heavy (non-hydrogen) atoms. The van der Waals surface area contributed by atoms with Crippen LogP contribution in [0.25, 0.3) is 0 Å². The van der Waals surface area contributed by atoms with Crippen LogP contribution in [0.1, 0.15) is 15.9 Å². The lowest BCUT2D eigenvalue weighted by Crippen LogP contribution is -2.41. The molecule has 0 aromatic heterocycles. The molecule has 0 aliphatic carbocycles. The Hall–Kier alpha value is -1.59. The highest BCUT2D eigenvalue weighted by atomic mass is 16.5. The van der Waals surface area contributed by atoms with Crippen molar-refractivity contribution in [2.24, 2.45) is 5.84 Å². The number of carbonyl (C=O) groups excluding carboxylic acids is 1. The summed E-state index contributed by atoms with van der Waals surface area (Å²) in [6.45, 7) is 4.43. The molecule has 2 rings (SSSR count). The first-order valence-electron chi connectivity index (χ1n) is 5.66. The molecule has 92 valence electrons. The van der Waals surface area contributed by atoms with Gasteiger partial charge < -0.3 is 15.1 Å². The van der Waals surface area contributed by atoms with E-state index < -0.39 is 0 Å². The number of hydrogen-bond acceptors (Lipinski definition) is 4. The lowest BCUT2D eigenvalue weighted by atomic mass is 10.1. The van der Waals surface area contributed by atoms with Crippen LogP contribution in [0.2, 0.25) is 0 Å². The van der Waals surface area contributed by atoms with Crippen LogP contribution in [0.3, 0.4) is 0 Å². The Bertz CT molecular complexity index is 414. The number of nitrogens with two attached hydrogens (primary N) is 1. The van der Waals surface area contributed by atoms with Crippen molar-refractivity contribution in [3.8, 4) is 0 Å². The Morgan fingerprint density at radius 1 is 1.41 bits per heavy atom. The molecule has 3 N–H and O–H groups in total. The van der Waals surface area contributed by atoms with Gasteiger partial charge in [0, 0.05) is 13.1 Å². The van der Waals surface area contributed by atoms with Gasteiger partial charge in [-0.25, -0.2) is 0 Å². The highest BCUT2D eigenvalue weighted by Gasteiger charge is 2.20. The number of hydrogen-bond donors (Lipinski definition) is 2. The van der Waals surface area contributed by atoms with Gasteiger partial charge >= 0.3 is 0 Å². The summed E-state index contributed by atoms with van der Waals surface area (Å²) in [5, 5.41) is 0. The van der Waals surface area contributed by atoms with Gasteiger partial charge in [0.2, 0.25) is 0 Å². The Kier molecular flexibility index (Phi) is 3.61. The molecule has 1 saturated heterocycles. The van der Waals surface area contributed by atoms with Gasteiger partial charge in [-0.2, -0.15) is 0 Å². The Morgan fingerprint density at radius 3 is 2.76 bits per heavy atom. The lowest BCUT2D eigenvalue weighted by molar-refractivity contribution is 0.0303. The summed E-state index contributed by atoms with van der Waals surface area (Å²) < 4.78 is 5.23. The number of carbonyl (C=O) groups is 1. The quantitative estimate of drug-likeness (QED) is 0.586. The minimum Gasteiger partial charge on any atom is -0.378 e. The van der Waals surface area contributed by atoms with Gasteiger partial charge in [0.05, 0.1) is 24.5 Å². The second-order valence-electron chi connectivity index (χ2n) is 4.10. The predicted molar refractivity (Wildman–Crippen MR) is 65.7 cm³/mol. The third-order valence-electron chi connectivity index (χ3n) is 2.86. The maximum absolute atomic E-state index is 12.3. The standard InChI is InChI=1S/C12H17N3O2/c1-9-2-3-10(11(8-9)14-13)12(16)15-4-6-17-7-5-15/h2-3,8,14H,4-7,13H2,1H3. The number of nitrogens with one attached hydrogen (secondary N) is 1. The zero-order valence-corrected chi connectivity index (χ0v) is 9.90. The molecule has 0 unspecified atom stereocenters. The second-order valence-corrected chi connectivity index (χ2v) is 4.10. The smallest absolute Gasteiger partial charge is 0.256 e. The van der Waals surface area contributed by atoms with Crippen molar-refractivity contribution in [3.05, 3.63) is 29.3 Å². The lowest BCUT2D eigenvalue weighted by Gasteiger charge is -2.27. The molecule has 1 aliphatic heterocycles. The van der Waals surface area contributed by atoms with Crippen molar-refractivity contribution >= 4 is 11.6 Å². The van der Waals surface area contributed by atoms with Gasteiger partial charge in [-0.15, -0.1) is 0 Å². The molecule has 1 aromatic rings. The van der Waals surface area contributed by atoms with E-state index in [0.717, 1.165) is 5.56 Å². The van der Waals surface area contributed by atoms with Crippen LogP contribution in [0.4, 0.5) is 5.69 Å². The van der Waals surface area contributed by atoms with Crippen molar-refractivity contribution in [1.82, 2.24) is 4.90 Å². The third kappa shape index (κ3) is 2.57. The predicted octanol–water partition coefficient (Wildman–Crippen LogP) is 0.753. The molecule has 1 heterocycles. The summed E-state index contributed by atoms with van der Waals surface area (Å²) in [5.41, 5.74) is 4.92. The summed E-state index contributed by atoms with van der Waals surface area (Å²) in [4.78, 5) is 14.1. The van der Waals surface area contributed by atoms with E-state index in [1.54, 1.807) is 4.90 Å². The zero-order chi connectivity index (χ0) is 12.3. The molecular formula is C12H17N3O2. The average Bonchev–Trinajstić information content (AvgIpc) is 2.39. The van der Waals surface area contributed by atoms with Gasteiger partial charge in [0.1, 0.15) is 0 Å². The van der Waals surface area contributed by atoms with Crippen LogP contribution in [-0.4, -0.2) is 37.1 Å². The number of ether oxygens (including phenoxy) is 1. The maximum atomic E-state index is 12.3. The summed E-state index contributed by atoms with van der Waals surface area (Å²) in [5.74, 6) is 5.44. The van der Waals surface area contributed by atoms with Gasteiger partial charge in [0.15, 0.2) is 0 Å². The fourth-order valence-corrected chi connectivity index (χ4v) is 1.90. The minimum absolute atomic E-state index is 0.00116. The van der Waals surface area contributed by atoms with Crippen molar-refractivity contribution in [2.75, 3.05) is 31.7 Å². The molecule has 0 atom stereocenters. The van der Waals surface area contributed by atoms with Crippen LogP contribution < -0.4 is 11.3 Å². The molecule has 0 bridgehead atoms. The van der Waals surface area contributed by atoms with Crippen molar-refractivity contribution in [2.45, 2.75) is 6.92 Å². The van der Waals surface area contributed by atoms with Gasteiger partial charge in [-0.3, -0.25) is 10.6 Å². The van der Waals surface area contributed by atoms with Gasteiger partial charge in [-0.1, -0.05) is 6.07 Å². The van der Waals surface area contributed by atoms with E-state index in [0.29, 0.717) is 37.6 Å². The summed E-state index contributed by atoms with van der Waals surface area (Å²) in [6.07, 6.45) is 0. The van der Waals surface area contributed by atoms with E-state index >= 15 is 0 Å². The van der Waals surface area contributed by atoms with Crippen molar-refractivity contribution < 1.29 is 9.53 Å². The van der Waals surface area contributed by atoms with Gasteiger partial charge in [0.25, 0.3) is 5.91 Å². The third-order valence-corrected chi connectivity index (χ3v) is 2.86. The fraction of sp³-hybridized carbons (Fsp3) is 0.417. The highest BCUT2D eigenvalue weighted by Crippen LogP contribution is 2.19. The topological polar surface area (TPSA) is 67.6 Å². The number of rotatable bonds is 2. The van der Waals surface area contributed by atoms with E-state index in [9.17, 15) is 4.79 Å². The number of hydrazine groups is 1. The molecule has 5 heteroatoms. The monoisotopic (exact) mass is 235 g/mol. The van der Waals surface area contributed by atoms with Crippen molar-refractivity contribution in [3.63, 3.8) is 0 Å². The molecule has 0 spiro atoms. The number of amides is 1. The number of nitrogens with zero attached hydrogens (tertiary/aromatic N) is 1. The van der Waals surface area contributed by atoms with Crippen LogP contribution in [-0.2, 0) is 4.74 Å². The van der Waals surface area contributed by atoms with E-state index in [-0.39, 0.29) is 5.91 Å². The number of benzene rings is 1. The number of aryl methyl sites for hydroxylation is 1. The van der Waals surface area contributed by atoms with E-state index in [1.165, 1.54) is 0 Å². The Morgan fingerprint density at radius 2 is 2.12 bits per heavy atom. The molecule has 1 amide bonds. The summed E-state index contributed by atoms with van der Waals surface area (Å²) in [7, 11) is 0. The molecule has 0 radical (unpaired) electrons. The van der Waals surface area contributed by atoms with E-state index in [4.69, 9.17) is 10.6 Å². The van der Waals surface area contributed by atoms with E-state index in [2.05, 4.69) is 5.43 Å². The number of nitrogen functional groups attached to an aromatic ring is 1. The number of morpholine rings is 1. The molecule has 5 nitrogen and oxygen atoms in total. The molecule has 0 saturated carbocycles. The zero-order valence-electron chi connectivity index (χ0n) is 9.90. The first-order chi connectivity index (χ1) is 8.22. The Labute approximate surface area is 101 Å². The molecular weight excluding hydrogens is 218 g/mol. The second kappa shape index (κ2) is 5.16. The van der Waals surface area contributed by atoms with Gasteiger partial charge in [-0.05, 0) is 24.6 Å². The Balaban J connectivity index is 2.23. The largest absolute Gasteiger partial charge is 0.378 e. The normalized spacial score (nSPS) is 15.8. The fourth-order valence-electron chi connectivity index (χ4n) is 1.90. The van der Waals surface area contributed by atoms with Crippen molar-refractivity contribution in [1.29, 1.82) is 0 Å². The average molecular weight is 235 g/mol. The first-order valence-corrected chi connectivity index (χ1v) is 5.66.